The second-order valence-electron chi connectivity index (χ2n) is 3.41. The SMILES string of the molecule is O=C(Nc1nccs1)Nc1cc(Br)ccc1C(=O)O. The van der Waals surface area contributed by atoms with Gasteiger partial charge in [-0.2, -0.15) is 0 Å². The summed E-state index contributed by atoms with van der Waals surface area (Å²) < 4.78 is 0.669. The molecule has 0 aliphatic carbocycles. The van der Waals surface area contributed by atoms with E-state index in [0.717, 1.165) is 0 Å². The van der Waals surface area contributed by atoms with Crippen molar-refractivity contribution >= 4 is 50.1 Å². The number of halogens is 1. The van der Waals surface area contributed by atoms with Crippen molar-refractivity contribution in [3.63, 3.8) is 0 Å². The van der Waals surface area contributed by atoms with Crippen LogP contribution >= 0.6 is 27.3 Å². The minimum Gasteiger partial charge on any atom is -0.478 e. The van der Waals surface area contributed by atoms with Crippen molar-refractivity contribution in [3.8, 4) is 0 Å². The van der Waals surface area contributed by atoms with Crippen molar-refractivity contribution in [2.45, 2.75) is 0 Å². The number of aromatic carboxylic acids is 1. The fraction of sp³-hybridized carbons (Fsp3) is 0. The highest BCUT2D eigenvalue weighted by molar-refractivity contribution is 9.10. The van der Waals surface area contributed by atoms with Crippen LogP contribution in [0.5, 0.6) is 0 Å². The van der Waals surface area contributed by atoms with Gasteiger partial charge in [0.25, 0.3) is 0 Å². The van der Waals surface area contributed by atoms with E-state index < -0.39 is 12.0 Å². The van der Waals surface area contributed by atoms with Crippen LogP contribution in [0.1, 0.15) is 10.4 Å². The number of thiazole rings is 1. The number of nitrogens with zero attached hydrogens (tertiary/aromatic N) is 1. The van der Waals surface area contributed by atoms with Crippen LogP contribution in [-0.4, -0.2) is 22.1 Å². The largest absolute Gasteiger partial charge is 0.478 e. The van der Waals surface area contributed by atoms with Gasteiger partial charge in [0.05, 0.1) is 11.3 Å². The molecule has 0 spiro atoms. The molecule has 0 saturated carbocycles. The maximum Gasteiger partial charge on any atom is 0.337 e. The molecule has 6 nitrogen and oxygen atoms in total. The van der Waals surface area contributed by atoms with Gasteiger partial charge in [-0.25, -0.2) is 14.6 Å². The van der Waals surface area contributed by atoms with Gasteiger partial charge in [0, 0.05) is 16.0 Å². The van der Waals surface area contributed by atoms with Crippen molar-refractivity contribution in [2.75, 3.05) is 10.6 Å². The van der Waals surface area contributed by atoms with Crippen LogP contribution in [0.3, 0.4) is 0 Å². The lowest BCUT2D eigenvalue weighted by molar-refractivity contribution is 0.0698. The second kappa shape index (κ2) is 5.81. The first-order valence-electron chi connectivity index (χ1n) is 5.06. The Balaban J connectivity index is 2.16. The van der Waals surface area contributed by atoms with Gasteiger partial charge in [0.2, 0.25) is 0 Å². The Morgan fingerprint density at radius 3 is 2.74 bits per heavy atom. The number of hydrogen-bond acceptors (Lipinski definition) is 4. The Kier molecular flexibility index (Phi) is 4.13. The van der Waals surface area contributed by atoms with Gasteiger partial charge in [-0.3, -0.25) is 5.32 Å². The Hall–Kier alpha value is -1.93. The molecule has 2 amide bonds. The van der Waals surface area contributed by atoms with E-state index in [-0.39, 0.29) is 11.3 Å². The van der Waals surface area contributed by atoms with E-state index in [0.29, 0.717) is 9.60 Å². The molecule has 2 rings (SSSR count). The van der Waals surface area contributed by atoms with E-state index in [2.05, 4.69) is 31.5 Å². The number of anilines is 2. The van der Waals surface area contributed by atoms with Crippen molar-refractivity contribution < 1.29 is 14.7 Å². The Labute approximate surface area is 120 Å². The highest BCUT2D eigenvalue weighted by Gasteiger charge is 2.13. The molecule has 1 aromatic heterocycles. The number of carboxylic acid groups (broad SMARTS) is 1. The first-order valence-corrected chi connectivity index (χ1v) is 6.74. The van der Waals surface area contributed by atoms with Crippen LogP contribution in [0.25, 0.3) is 0 Å². The summed E-state index contributed by atoms with van der Waals surface area (Å²) in [5.74, 6) is -1.11. The molecule has 0 radical (unpaired) electrons. The van der Waals surface area contributed by atoms with Crippen molar-refractivity contribution in [3.05, 3.63) is 39.8 Å². The summed E-state index contributed by atoms with van der Waals surface area (Å²) in [6.07, 6.45) is 1.56. The minimum absolute atomic E-state index is 0.0116. The highest BCUT2D eigenvalue weighted by Crippen LogP contribution is 2.22. The summed E-state index contributed by atoms with van der Waals surface area (Å²) in [5.41, 5.74) is 0.216. The Morgan fingerprint density at radius 2 is 2.11 bits per heavy atom. The predicted molar refractivity (Wildman–Crippen MR) is 75.9 cm³/mol. The van der Waals surface area contributed by atoms with E-state index in [1.807, 2.05) is 0 Å². The average molecular weight is 342 g/mol. The maximum absolute atomic E-state index is 11.7. The third-order valence-corrected chi connectivity index (χ3v) is 3.29. The standard InChI is InChI=1S/C11H8BrN3O3S/c12-6-1-2-7(9(16)17)8(5-6)14-10(18)15-11-13-3-4-19-11/h1-5H,(H,16,17)(H2,13,14,15,18). The number of rotatable bonds is 3. The monoisotopic (exact) mass is 341 g/mol. The van der Waals surface area contributed by atoms with Crippen LogP contribution in [0.2, 0.25) is 0 Å². The van der Waals surface area contributed by atoms with Gasteiger partial charge in [-0.1, -0.05) is 15.9 Å². The minimum atomic E-state index is -1.11. The lowest BCUT2D eigenvalue weighted by Crippen LogP contribution is -2.20. The van der Waals surface area contributed by atoms with Crippen molar-refractivity contribution in [2.24, 2.45) is 0 Å². The molecule has 0 atom stereocenters. The summed E-state index contributed by atoms with van der Waals surface area (Å²) >= 11 is 4.49. The third kappa shape index (κ3) is 3.52. The van der Waals surface area contributed by atoms with E-state index in [1.165, 1.54) is 23.5 Å². The zero-order valence-electron chi connectivity index (χ0n) is 9.38. The van der Waals surface area contributed by atoms with Gasteiger partial charge in [0.15, 0.2) is 5.13 Å². The van der Waals surface area contributed by atoms with E-state index in [4.69, 9.17) is 5.11 Å². The lowest BCUT2D eigenvalue weighted by atomic mass is 10.2. The summed E-state index contributed by atoms with van der Waals surface area (Å²) in [7, 11) is 0. The molecular weight excluding hydrogens is 334 g/mol. The molecule has 0 aliphatic heterocycles. The summed E-state index contributed by atoms with van der Waals surface area (Å²) in [4.78, 5) is 26.6. The number of carbonyl (C=O) groups is 2. The van der Waals surface area contributed by atoms with Gasteiger partial charge in [-0.05, 0) is 18.2 Å². The van der Waals surface area contributed by atoms with Gasteiger partial charge >= 0.3 is 12.0 Å². The van der Waals surface area contributed by atoms with E-state index >= 15 is 0 Å². The van der Waals surface area contributed by atoms with Crippen LogP contribution < -0.4 is 10.6 Å². The van der Waals surface area contributed by atoms with Crippen LogP contribution in [0, 0.1) is 0 Å². The van der Waals surface area contributed by atoms with Gasteiger partial charge in [-0.15, -0.1) is 11.3 Å². The molecule has 1 aromatic carbocycles. The molecule has 0 saturated heterocycles. The Bertz CT molecular complexity index is 616. The van der Waals surface area contributed by atoms with Crippen LogP contribution in [0.15, 0.2) is 34.2 Å². The average Bonchev–Trinajstić information content (AvgIpc) is 2.81. The topological polar surface area (TPSA) is 91.3 Å². The number of nitrogens with one attached hydrogen (secondary N) is 2. The predicted octanol–water partition coefficient (Wildman–Crippen LogP) is 3.25. The van der Waals surface area contributed by atoms with Crippen molar-refractivity contribution in [1.82, 2.24) is 4.98 Å². The summed E-state index contributed by atoms with van der Waals surface area (Å²) in [5, 5.41) is 16.2. The summed E-state index contributed by atoms with van der Waals surface area (Å²) in [6.45, 7) is 0. The number of hydrogen-bond donors (Lipinski definition) is 3. The molecule has 1 heterocycles. The number of carbonyl (C=O) groups excluding carboxylic acids is 1. The number of benzene rings is 1. The van der Waals surface area contributed by atoms with Gasteiger partial charge < -0.3 is 10.4 Å². The Morgan fingerprint density at radius 1 is 1.32 bits per heavy atom. The second-order valence-corrected chi connectivity index (χ2v) is 5.22. The van der Waals surface area contributed by atoms with E-state index in [1.54, 1.807) is 17.6 Å². The van der Waals surface area contributed by atoms with Crippen LogP contribution in [-0.2, 0) is 0 Å². The number of carboxylic acids is 1. The first-order chi connectivity index (χ1) is 9.06. The lowest BCUT2D eigenvalue weighted by Gasteiger charge is -2.09. The molecule has 0 fully saturated rings. The molecule has 2 aromatic rings. The molecule has 0 aliphatic rings. The quantitative estimate of drug-likeness (QED) is 0.799. The van der Waals surface area contributed by atoms with Gasteiger partial charge in [0.1, 0.15) is 0 Å². The molecule has 19 heavy (non-hydrogen) atoms. The molecule has 0 bridgehead atoms. The molecule has 8 heteroatoms. The normalized spacial score (nSPS) is 9.95. The molecule has 98 valence electrons. The molecule has 0 unspecified atom stereocenters. The van der Waals surface area contributed by atoms with Crippen LogP contribution in [0.4, 0.5) is 15.6 Å². The zero-order valence-corrected chi connectivity index (χ0v) is 11.8. The smallest absolute Gasteiger partial charge is 0.337 e. The van der Waals surface area contributed by atoms with E-state index in [9.17, 15) is 9.59 Å². The molecular formula is C11H8BrN3O3S. The highest BCUT2D eigenvalue weighted by atomic mass is 79.9. The molecule has 3 N–H and O–H groups in total. The third-order valence-electron chi connectivity index (χ3n) is 2.11. The number of aromatic nitrogens is 1. The first kappa shape index (κ1) is 13.5. The zero-order chi connectivity index (χ0) is 13.8. The summed E-state index contributed by atoms with van der Waals surface area (Å²) in [6, 6.07) is 3.97. The number of urea groups is 1. The number of amides is 2. The fourth-order valence-corrected chi connectivity index (χ4v) is 2.23. The fourth-order valence-electron chi connectivity index (χ4n) is 1.34. The van der Waals surface area contributed by atoms with Crippen molar-refractivity contribution in [1.29, 1.82) is 0 Å². The maximum atomic E-state index is 11.7.